The van der Waals surface area contributed by atoms with Crippen LogP contribution in [-0.2, 0) is 0 Å². The number of aliphatic hydroxyl groups is 2. The number of hydrogen-bond donors (Lipinski definition) is 2. The molecule has 1 atom stereocenters. The van der Waals surface area contributed by atoms with Crippen LogP contribution in [0.15, 0.2) is 16.3 Å². The van der Waals surface area contributed by atoms with Crippen LogP contribution >= 0.6 is 23.1 Å². The van der Waals surface area contributed by atoms with E-state index in [4.69, 9.17) is 5.11 Å². The predicted octanol–water partition coefficient (Wildman–Crippen LogP) is 2.60. The van der Waals surface area contributed by atoms with E-state index in [1.54, 1.807) is 11.3 Å². The van der Waals surface area contributed by atoms with Crippen LogP contribution in [0, 0.1) is 0 Å². The molecule has 0 amide bonds. The minimum atomic E-state index is -0.381. The fourth-order valence-corrected chi connectivity index (χ4v) is 3.83. The first kappa shape index (κ1) is 16.0. The van der Waals surface area contributed by atoms with E-state index in [9.17, 15) is 5.11 Å². The number of thioether (sulfide) groups is 1. The second-order valence-corrected chi connectivity index (χ2v) is 6.73. The van der Waals surface area contributed by atoms with Gasteiger partial charge in [-0.2, -0.15) is 0 Å². The molecule has 0 fully saturated rings. The summed E-state index contributed by atoms with van der Waals surface area (Å²) in [5, 5.41) is 19.0. The monoisotopic (exact) mass is 289 g/mol. The minimum absolute atomic E-state index is 0.181. The second kappa shape index (κ2) is 8.93. The maximum absolute atomic E-state index is 10.1. The van der Waals surface area contributed by atoms with E-state index < -0.39 is 0 Å². The van der Waals surface area contributed by atoms with Crippen LogP contribution < -0.4 is 0 Å². The molecule has 1 aromatic heterocycles. The Morgan fingerprint density at radius 2 is 2.11 bits per heavy atom. The van der Waals surface area contributed by atoms with Crippen molar-refractivity contribution >= 4 is 23.1 Å². The Kier molecular flexibility index (Phi) is 7.93. The van der Waals surface area contributed by atoms with Crippen LogP contribution in [0.3, 0.4) is 0 Å². The third-order valence-corrected chi connectivity index (χ3v) is 5.09. The average molecular weight is 289 g/mol. The van der Waals surface area contributed by atoms with Gasteiger partial charge in [0.15, 0.2) is 0 Å². The molecule has 0 aliphatic heterocycles. The number of aliphatic hydroxyl groups excluding tert-OH is 2. The Balaban J connectivity index is 2.41. The maximum atomic E-state index is 10.1. The molecule has 1 heterocycles. The molecule has 2 N–H and O–H groups in total. The van der Waals surface area contributed by atoms with E-state index in [2.05, 4.69) is 24.8 Å². The van der Waals surface area contributed by atoms with Gasteiger partial charge in [0, 0.05) is 18.0 Å². The molecule has 0 aliphatic rings. The summed E-state index contributed by atoms with van der Waals surface area (Å²) < 4.78 is 1.27. The number of likely N-dealkylation sites (N-methyl/N-ethyl adjacent to an activating group) is 1. The molecule has 0 radical (unpaired) electrons. The third-order valence-electron chi connectivity index (χ3n) is 2.80. The molecule has 104 valence electrons. The minimum Gasteiger partial charge on any atom is -0.395 e. The average Bonchev–Trinajstić information content (AvgIpc) is 2.83. The largest absolute Gasteiger partial charge is 0.395 e. The molecule has 0 aromatic carbocycles. The summed E-state index contributed by atoms with van der Waals surface area (Å²) in [5.41, 5.74) is 0. The molecule has 0 saturated heterocycles. The smallest absolute Gasteiger partial charge is 0.0894 e. The zero-order chi connectivity index (χ0) is 13.4. The zero-order valence-electron chi connectivity index (χ0n) is 11.1. The van der Waals surface area contributed by atoms with Crippen molar-refractivity contribution in [2.75, 3.05) is 32.0 Å². The summed E-state index contributed by atoms with van der Waals surface area (Å²) in [4.78, 5) is 3.20. The lowest BCUT2D eigenvalue weighted by Gasteiger charge is -2.20. The summed E-state index contributed by atoms with van der Waals surface area (Å²) in [5.74, 6) is 1.07. The number of rotatable bonds is 9. The van der Waals surface area contributed by atoms with Crippen LogP contribution in [0.25, 0.3) is 0 Å². The van der Waals surface area contributed by atoms with Crippen LogP contribution in [0.4, 0.5) is 0 Å². The number of hydrogen-bond acceptors (Lipinski definition) is 5. The van der Waals surface area contributed by atoms with Crippen molar-refractivity contribution in [1.29, 1.82) is 0 Å². The second-order valence-electron chi connectivity index (χ2n) is 4.05. The fourth-order valence-electron chi connectivity index (χ4n) is 1.75. The highest BCUT2D eigenvalue weighted by molar-refractivity contribution is 8.01. The first-order valence-electron chi connectivity index (χ1n) is 6.45. The van der Waals surface area contributed by atoms with Crippen LogP contribution in [0.2, 0.25) is 0 Å². The lowest BCUT2D eigenvalue weighted by atomic mass is 10.2. The molecule has 0 spiro atoms. The highest BCUT2D eigenvalue weighted by Crippen LogP contribution is 2.31. The Morgan fingerprint density at radius 3 is 2.72 bits per heavy atom. The fraction of sp³-hybridized carbons (Fsp3) is 0.692. The zero-order valence-corrected chi connectivity index (χ0v) is 12.8. The first-order chi connectivity index (χ1) is 8.71. The van der Waals surface area contributed by atoms with Gasteiger partial charge in [0.05, 0.1) is 16.9 Å². The highest BCUT2D eigenvalue weighted by atomic mass is 32.2. The molecule has 3 nitrogen and oxygen atoms in total. The third kappa shape index (κ3) is 5.28. The molecule has 1 rings (SSSR count). The molecule has 0 bridgehead atoms. The maximum Gasteiger partial charge on any atom is 0.0894 e. The summed E-state index contributed by atoms with van der Waals surface area (Å²) in [7, 11) is 0. The van der Waals surface area contributed by atoms with Gasteiger partial charge in [-0.3, -0.25) is 0 Å². The molecule has 1 unspecified atom stereocenters. The van der Waals surface area contributed by atoms with E-state index in [1.165, 1.54) is 4.21 Å². The lowest BCUT2D eigenvalue weighted by molar-refractivity contribution is 0.136. The summed E-state index contributed by atoms with van der Waals surface area (Å²) >= 11 is 3.50. The topological polar surface area (TPSA) is 43.7 Å². The number of thiophene rings is 1. The van der Waals surface area contributed by atoms with Gasteiger partial charge >= 0.3 is 0 Å². The number of nitrogens with zero attached hydrogens (tertiary/aromatic N) is 1. The quantitative estimate of drug-likeness (QED) is 0.686. The van der Waals surface area contributed by atoms with Gasteiger partial charge in [-0.15, -0.1) is 23.1 Å². The van der Waals surface area contributed by atoms with Gasteiger partial charge in [-0.1, -0.05) is 13.8 Å². The molecule has 1 aromatic rings. The molecular formula is C13H23NO2S2. The van der Waals surface area contributed by atoms with Crippen molar-refractivity contribution in [1.82, 2.24) is 4.90 Å². The van der Waals surface area contributed by atoms with E-state index in [1.807, 2.05) is 17.8 Å². The summed E-state index contributed by atoms with van der Waals surface area (Å²) in [6.45, 7) is 6.81. The van der Waals surface area contributed by atoms with Gasteiger partial charge in [0.25, 0.3) is 0 Å². The van der Waals surface area contributed by atoms with Gasteiger partial charge in [0.1, 0.15) is 0 Å². The SMILES string of the molecule is CCSc1ccc(C(O)CCN(CC)CCO)s1. The molecular weight excluding hydrogens is 266 g/mol. The Morgan fingerprint density at radius 1 is 1.33 bits per heavy atom. The molecule has 5 heteroatoms. The van der Waals surface area contributed by atoms with E-state index in [-0.39, 0.29) is 12.7 Å². The van der Waals surface area contributed by atoms with Crippen molar-refractivity contribution in [3.8, 4) is 0 Å². The first-order valence-corrected chi connectivity index (χ1v) is 8.25. The highest BCUT2D eigenvalue weighted by Gasteiger charge is 2.12. The predicted molar refractivity (Wildman–Crippen MR) is 79.5 cm³/mol. The van der Waals surface area contributed by atoms with Gasteiger partial charge in [0.2, 0.25) is 0 Å². The van der Waals surface area contributed by atoms with Gasteiger partial charge in [-0.25, -0.2) is 0 Å². The Bertz CT molecular complexity index is 331. The standard InChI is InChI=1S/C13H23NO2S2/c1-3-14(9-10-15)8-7-11(16)12-5-6-13(18-12)17-4-2/h5-6,11,15-16H,3-4,7-10H2,1-2H3. The van der Waals surface area contributed by atoms with E-state index in [0.717, 1.165) is 30.1 Å². The van der Waals surface area contributed by atoms with Crippen molar-refractivity contribution in [2.24, 2.45) is 0 Å². The van der Waals surface area contributed by atoms with Gasteiger partial charge in [-0.05, 0) is 30.9 Å². The summed E-state index contributed by atoms with van der Waals surface area (Å²) in [6.07, 6.45) is 0.346. The molecule has 0 aliphatic carbocycles. The Labute approximate surface area is 118 Å². The van der Waals surface area contributed by atoms with Crippen molar-refractivity contribution in [3.05, 3.63) is 17.0 Å². The van der Waals surface area contributed by atoms with Crippen LogP contribution in [0.5, 0.6) is 0 Å². The van der Waals surface area contributed by atoms with E-state index in [0.29, 0.717) is 6.54 Å². The Hall–Kier alpha value is -0.0700. The van der Waals surface area contributed by atoms with Crippen molar-refractivity contribution in [3.63, 3.8) is 0 Å². The molecule has 0 saturated carbocycles. The van der Waals surface area contributed by atoms with Crippen LogP contribution in [-0.4, -0.2) is 47.1 Å². The normalized spacial score (nSPS) is 13.2. The van der Waals surface area contributed by atoms with Crippen LogP contribution in [0.1, 0.15) is 31.2 Å². The van der Waals surface area contributed by atoms with Gasteiger partial charge < -0.3 is 15.1 Å². The summed E-state index contributed by atoms with van der Waals surface area (Å²) in [6, 6.07) is 4.11. The lowest BCUT2D eigenvalue weighted by Crippen LogP contribution is -2.28. The van der Waals surface area contributed by atoms with E-state index >= 15 is 0 Å². The molecule has 18 heavy (non-hydrogen) atoms. The van der Waals surface area contributed by atoms with Crippen molar-refractivity contribution in [2.45, 2.75) is 30.6 Å². The van der Waals surface area contributed by atoms with Crippen molar-refractivity contribution < 1.29 is 10.2 Å².